The highest BCUT2D eigenvalue weighted by atomic mass is 19.1. The van der Waals surface area contributed by atoms with Crippen LogP contribution in [0, 0.1) is 17.1 Å². The Morgan fingerprint density at radius 2 is 1.93 bits per heavy atom. The van der Waals surface area contributed by atoms with E-state index in [4.69, 9.17) is 5.26 Å². The van der Waals surface area contributed by atoms with Crippen molar-refractivity contribution in [2.75, 3.05) is 0 Å². The van der Waals surface area contributed by atoms with Crippen LogP contribution in [0.15, 0.2) is 18.2 Å². The number of benzene rings is 1. The average molecular weight is 205 g/mol. The Morgan fingerprint density at radius 1 is 1.33 bits per heavy atom. The summed E-state index contributed by atoms with van der Waals surface area (Å²) in [5.41, 5.74) is 1.02. The zero-order valence-electron chi connectivity index (χ0n) is 9.47. The second kappa shape index (κ2) is 4.44. The van der Waals surface area contributed by atoms with Crippen LogP contribution in [0.5, 0.6) is 0 Å². The highest BCUT2D eigenvalue weighted by molar-refractivity contribution is 5.45. The van der Waals surface area contributed by atoms with Crippen LogP contribution < -0.4 is 0 Å². The number of nitriles is 1. The van der Waals surface area contributed by atoms with Gasteiger partial charge in [0.25, 0.3) is 0 Å². The number of halogens is 1. The predicted molar refractivity (Wildman–Crippen MR) is 59.0 cm³/mol. The molecule has 1 saturated carbocycles. The zero-order chi connectivity index (χ0) is 11.5. The normalized spacial score (nSPS) is 15.9. The molecule has 0 heterocycles. The molecule has 0 bridgehead atoms. The Hall–Kier alpha value is -1.36. The molecule has 1 aromatic rings. The molecule has 15 heavy (non-hydrogen) atoms. The quantitative estimate of drug-likeness (QED) is 0.684. The van der Waals surface area contributed by atoms with Gasteiger partial charge in [-0.05, 0) is 30.4 Å². The molecule has 0 atom stereocenters. The number of rotatable bonds is 1. The molecular weight excluding hydrogens is 189 g/mol. The van der Waals surface area contributed by atoms with Crippen LogP contribution in [0.2, 0.25) is 0 Å². The zero-order valence-corrected chi connectivity index (χ0v) is 9.47. The Balaban J connectivity index is 0.000000531. The number of nitrogens with zero attached hydrogens (tertiary/aromatic N) is 1. The van der Waals surface area contributed by atoms with E-state index in [1.807, 2.05) is 26.8 Å². The lowest BCUT2D eigenvalue weighted by molar-refractivity contribution is 0.585. The van der Waals surface area contributed by atoms with E-state index in [0.29, 0.717) is 11.1 Å². The van der Waals surface area contributed by atoms with E-state index in [2.05, 4.69) is 0 Å². The summed E-state index contributed by atoms with van der Waals surface area (Å²) in [4.78, 5) is 0. The maximum Gasteiger partial charge on any atom is 0.128 e. The van der Waals surface area contributed by atoms with Gasteiger partial charge in [0.15, 0.2) is 0 Å². The summed E-state index contributed by atoms with van der Waals surface area (Å²) in [5, 5.41) is 8.82. The van der Waals surface area contributed by atoms with Crippen molar-refractivity contribution in [2.45, 2.75) is 39.0 Å². The third-order valence-electron chi connectivity index (χ3n) is 2.74. The molecule has 2 heteroatoms. The fraction of sp³-hybridized carbons (Fsp3) is 0.462. The minimum atomic E-state index is -0.237. The minimum Gasteiger partial charge on any atom is -0.207 e. The van der Waals surface area contributed by atoms with Gasteiger partial charge < -0.3 is 0 Å². The summed E-state index contributed by atoms with van der Waals surface area (Å²) in [5.74, 6) is -0.237. The number of hydrogen-bond acceptors (Lipinski definition) is 1. The van der Waals surface area contributed by atoms with E-state index in [-0.39, 0.29) is 11.2 Å². The van der Waals surface area contributed by atoms with Gasteiger partial charge in [0, 0.05) is 5.56 Å². The van der Waals surface area contributed by atoms with Gasteiger partial charge in [0.1, 0.15) is 5.82 Å². The first-order valence-corrected chi connectivity index (χ1v) is 5.36. The lowest BCUT2D eigenvalue weighted by Gasteiger charge is -2.11. The molecular formula is C13H16FN. The van der Waals surface area contributed by atoms with Gasteiger partial charge in [0.05, 0.1) is 11.6 Å². The van der Waals surface area contributed by atoms with E-state index in [1.165, 1.54) is 6.07 Å². The fourth-order valence-electron chi connectivity index (χ4n) is 1.67. The van der Waals surface area contributed by atoms with Gasteiger partial charge >= 0.3 is 0 Å². The van der Waals surface area contributed by atoms with Crippen molar-refractivity contribution in [3.05, 3.63) is 35.1 Å². The highest BCUT2D eigenvalue weighted by Crippen LogP contribution is 2.49. The second-order valence-electron chi connectivity index (χ2n) is 3.83. The lowest BCUT2D eigenvalue weighted by Crippen LogP contribution is -2.06. The third kappa shape index (κ3) is 2.18. The summed E-state index contributed by atoms with van der Waals surface area (Å²) in [6, 6.07) is 6.74. The maximum absolute atomic E-state index is 13.4. The van der Waals surface area contributed by atoms with Crippen molar-refractivity contribution in [3.8, 4) is 6.07 Å². The molecule has 2 rings (SSSR count). The molecule has 0 N–H and O–H groups in total. The number of hydrogen-bond donors (Lipinski definition) is 0. The molecule has 1 nitrogen and oxygen atoms in total. The van der Waals surface area contributed by atoms with E-state index >= 15 is 0 Å². The summed E-state index contributed by atoms with van der Waals surface area (Å²) >= 11 is 0. The van der Waals surface area contributed by atoms with Crippen molar-refractivity contribution in [1.29, 1.82) is 5.26 Å². The summed E-state index contributed by atoms with van der Waals surface area (Å²) in [6.45, 7) is 6.01. The summed E-state index contributed by atoms with van der Waals surface area (Å²) < 4.78 is 13.4. The monoisotopic (exact) mass is 205 g/mol. The minimum absolute atomic E-state index is 0.0730. The van der Waals surface area contributed by atoms with Gasteiger partial charge in [-0.3, -0.25) is 0 Å². The van der Waals surface area contributed by atoms with Gasteiger partial charge in [-0.2, -0.15) is 5.26 Å². The Bertz CT molecular complexity index is 386. The van der Waals surface area contributed by atoms with Crippen LogP contribution in [0.1, 0.15) is 44.7 Å². The van der Waals surface area contributed by atoms with Crippen LogP contribution in [-0.2, 0) is 5.41 Å². The van der Waals surface area contributed by atoms with Gasteiger partial charge in [-0.15, -0.1) is 0 Å². The molecule has 1 fully saturated rings. The van der Waals surface area contributed by atoms with Crippen LogP contribution in [0.4, 0.5) is 4.39 Å². The largest absolute Gasteiger partial charge is 0.207 e. The SMILES string of the molecule is CC.CC1(c2c(F)cccc2C#N)CC1. The second-order valence-corrected chi connectivity index (χ2v) is 3.83. The molecule has 0 radical (unpaired) electrons. The topological polar surface area (TPSA) is 23.8 Å². The molecule has 0 aromatic heterocycles. The molecule has 0 saturated heterocycles. The molecule has 0 spiro atoms. The first kappa shape index (κ1) is 11.7. The maximum atomic E-state index is 13.4. The van der Waals surface area contributed by atoms with E-state index < -0.39 is 0 Å². The Kier molecular flexibility index (Phi) is 3.47. The van der Waals surface area contributed by atoms with Gasteiger partial charge in [-0.1, -0.05) is 26.8 Å². The molecule has 0 aliphatic heterocycles. The Labute approximate surface area is 90.5 Å². The first-order chi connectivity index (χ1) is 7.17. The molecule has 1 aliphatic carbocycles. The van der Waals surface area contributed by atoms with Crippen molar-refractivity contribution in [1.82, 2.24) is 0 Å². The molecule has 0 unspecified atom stereocenters. The predicted octanol–water partition coefficient (Wildman–Crippen LogP) is 3.78. The van der Waals surface area contributed by atoms with E-state index in [0.717, 1.165) is 12.8 Å². The first-order valence-electron chi connectivity index (χ1n) is 5.36. The van der Waals surface area contributed by atoms with E-state index in [9.17, 15) is 4.39 Å². The van der Waals surface area contributed by atoms with Crippen LogP contribution in [-0.4, -0.2) is 0 Å². The van der Waals surface area contributed by atoms with E-state index in [1.54, 1.807) is 12.1 Å². The molecule has 80 valence electrons. The highest BCUT2D eigenvalue weighted by Gasteiger charge is 2.42. The van der Waals surface area contributed by atoms with Crippen LogP contribution >= 0.6 is 0 Å². The average Bonchev–Trinajstić information content (AvgIpc) is 2.99. The van der Waals surface area contributed by atoms with Crippen LogP contribution in [0.25, 0.3) is 0 Å². The molecule has 1 aromatic carbocycles. The summed E-state index contributed by atoms with van der Waals surface area (Å²) in [7, 11) is 0. The standard InChI is InChI=1S/C11H10FN.C2H6/c1-11(5-6-11)10-8(7-13)3-2-4-9(10)12;1-2/h2-4H,5-6H2,1H3;1-2H3. The van der Waals surface area contributed by atoms with Crippen molar-refractivity contribution in [2.24, 2.45) is 0 Å². The van der Waals surface area contributed by atoms with Crippen molar-refractivity contribution in [3.63, 3.8) is 0 Å². The van der Waals surface area contributed by atoms with Gasteiger partial charge in [0.2, 0.25) is 0 Å². The summed E-state index contributed by atoms with van der Waals surface area (Å²) in [6.07, 6.45) is 1.98. The fourth-order valence-corrected chi connectivity index (χ4v) is 1.67. The Morgan fingerprint density at radius 3 is 2.40 bits per heavy atom. The third-order valence-corrected chi connectivity index (χ3v) is 2.74. The van der Waals surface area contributed by atoms with Crippen molar-refractivity contribution >= 4 is 0 Å². The van der Waals surface area contributed by atoms with Crippen LogP contribution in [0.3, 0.4) is 0 Å². The van der Waals surface area contributed by atoms with Gasteiger partial charge in [-0.25, -0.2) is 4.39 Å². The smallest absolute Gasteiger partial charge is 0.128 e. The molecule has 0 amide bonds. The van der Waals surface area contributed by atoms with Crippen molar-refractivity contribution < 1.29 is 4.39 Å². The lowest BCUT2D eigenvalue weighted by atomic mass is 9.93. The molecule has 1 aliphatic rings.